The number of benzene rings is 2. The Morgan fingerprint density at radius 1 is 1.22 bits per heavy atom. The SMILES string of the molecule is CCCCCOc1cccc(C(=O)N(CC2CCCO2)c2nc3cc(OC)ccc3s2)c1. The summed E-state index contributed by atoms with van der Waals surface area (Å²) in [6.07, 6.45) is 5.28. The van der Waals surface area contributed by atoms with Crippen molar-refractivity contribution in [1.29, 1.82) is 0 Å². The summed E-state index contributed by atoms with van der Waals surface area (Å²) in [4.78, 5) is 20.1. The standard InChI is InChI=1S/C25H30N2O4S/c1-3-4-5-13-30-20-9-6-8-18(15-20)24(28)27(17-21-10-7-14-31-21)25-26-22-16-19(29-2)11-12-23(22)32-25/h6,8-9,11-12,15-16,21H,3-5,7,10,13-14,17H2,1-2H3. The van der Waals surface area contributed by atoms with E-state index in [2.05, 4.69) is 6.92 Å². The molecule has 6 nitrogen and oxygen atoms in total. The predicted molar refractivity (Wildman–Crippen MR) is 128 cm³/mol. The van der Waals surface area contributed by atoms with Crippen LogP contribution in [0.5, 0.6) is 11.5 Å². The second-order valence-corrected chi connectivity index (χ2v) is 8.97. The quantitative estimate of drug-likeness (QED) is 0.368. The maximum Gasteiger partial charge on any atom is 0.260 e. The molecule has 4 rings (SSSR count). The summed E-state index contributed by atoms with van der Waals surface area (Å²) in [7, 11) is 1.64. The van der Waals surface area contributed by atoms with Crippen LogP contribution < -0.4 is 14.4 Å². The number of ether oxygens (including phenoxy) is 3. The highest BCUT2D eigenvalue weighted by Crippen LogP contribution is 2.33. The number of hydrogen-bond donors (Lipinski definition) is 0. The highest BCUT2D eigenvalue weighted by molar-refractivity contribution is 7.22. The third-order valence-corrected chi connectivity index (χ3v) is 6.63. The van der Waals surface area contributed by atoms with Crippen LogP contribution in [0, 0.1) is 0 Å². The maximum atomic E-state index is 13.6. The Labute approximate surface area is 193 Å². The Kier molecular flexibility index (Phi) is 7.60. The van der Waals surface area contributed by atoms with Crippen molar-refractivity contribution in [1.82, 2.24) is 4.98 Å². The molecule has 1 aliphatic heterocycles. The van der Waals surface area contributed by atoms with Gasteiger partial charge in [0, 0.05) is 18.2 Å². The van der Waals surface area contributed by atoms with E-state index in [1.54, 1.807) is 12.0 Å². The van der Waals surface area contributed by atoms with E-state index in [1.165, 1.54) is 11.3 Å². The van der Waals surface area contributed by atoms with Crippen LogP contribution in [0.25, 0.3) is 10.2 Å². The van der Waals surface area contributed by atoms with Crippen molar-refractivity contribution in [2.75, 3.05) is 31.8 Å². The minimum Gasteiger partial charge on any atom is -0.497 e. The number of rotatable bonds is 10. The van der Waals surface area contributed by atoms with Gasteiger partial charge in [0.15, 0.2) is 5.13 Å². The molecule has 32 heavy (non-hydrogen) atoms. The average molecular weight is 455 g/mol. The van der Waals surface area contributed by atoms with E-state index in [0.717, 1.165) is 60.4 Å². The van der Waals surface area contributed by atoms with E-state index in [-0.39, 0.29) is 12.0 Å². The number of methoxy groups -OCH3 is 1. The molecule has 0 N–H and O–H groups in total. The lowest BCUT2D eigenvalue weighted by Crippen LogP contribution is -2.37. The zero-order valence-electron chi connectivity index (χ0n) is 18.7. The number of amides is 1. The van der Waals surface area contributed by atoms with Crippen molar-refractivity contribution in [2.24, 2.45) is 0 Å². The van der Waals surface area contributed by atoms with Gasteiger partial charge in [0.1, 0.15) is 11.5 Å². The van der Waals surface area contributed by atoms with Gasteiger partial charge >= 0.3 is 0 Å². The molecule has 2 aromatic carbocycles. The molecule has 1 fully saturated rings. The predicted octanol–water partition coefficient (Wildman–Crippen LogP) is 5.70. The molecule has 7 heteroatoms. The third-order valence-electron chi connectivity index (χ3n) is 5.57. The summed E-state index contributed by atoms with van der Waals surface area (Å²) in [6.45, 7) is 4.05. The average Bonchev–Trinajstić information content (AvgIpc) is 3.49. The third kappa shape index (κ3) is 5.40. The van der Waals surface area contributed by atoms with Gasteiger partial charge in [-0.15, -0.1) is 0 Å². The van der Waals surface area contributed by atoms with Crippen LogP contribution >= 0.6 is 11.3 Å². The highest BCUT2D eigenvalue weighted by atomic mass is 32.1. The van der Waals surface area contributed by atoms with Crippen LogP contribution in [0.1, 0.15) is 49.4 Å². The van der Waals surface area contributed by atoms with Crippen molar-refractivity contribution in [3.63, 3.8) is 0 Å². The van der Waals surface area contributed by atoms with Crippen molar-refractivity contribution < 1.29 is 19.0 Å². The van der Waals surface area contributed by atoms with Gasteiger partial charge in [-0.05, 0) is 49.6 Å². The van der Waals surface area contributed by atoms with E-state index in [1.807, 2.05) is 42.5 Å². The molecule has 1 saturated heterocycles. The smallest absolute Gasteiger partial charge is 0.260 e. The molecular formula is C25H30N2O4S. The summed E-state index contributed by atoms with van der Waals surface area (Å²) in [5.74, 6) is 1.38. The number of nitrogens with zero attached hydrogens (tertiary/aromatic N) is 2. The van der Waals surface area contributed by atoms with E-state index in [0.29, 0.717) is 23.8 Å². The number of unbranched alkanes of at least 4 members (excludes halogenated alkanes) is 2. The van der Waals surface area contributed by atoms with Crippen LogP contribution in [0.15, 0.2) is 42.5 Å². The molecule has 0 radical (unpaired) electrons. The Balaban J connectivity index is 1.59. The summed E-state index contributed by atoms with van der Waals surface area (Å²) < 4.78 is 18.0. The van der Waals surface area contributed by atoms with Gasteiger partial charge in [-0.1, -0.05) is 37.2 Å². The first-order chi connectivity index (χ1) is 15.7. The molecule has 3 aromatic rings. The van der Waals surface area contributed by atoms with Gasteiger partial charge in [-0.25, -0.2) is 4.98 Å². The summed E-state index contributed by atoms with van der Waals surface area (Å²) >= 11 is 1.51. The van der Waals surface area contributed by atoms with Crippen LogP contribution in [0.4, 0.5) is 5.13 Å². The first-order valence-electron chi connectivity index (χ1n) is 11.3. The summed E-state index contributed by atoms with van der Waals surface area (Å²) in [5, 5.41) is 0.669. The van der Waals surface area contributed by atoms with Crippen LogP contribution in [-0.2, 0) is 4.74 Å². The normalized spacial score (nSPS) is 15.8. The lowest BCUT2D eigenvalue weighted by Gasteiger charge is -2.23. The maximum absolute atomic E-state index is 13.6. The fourth-order valence-electron chi connectivity index (χ4n) is 3.79. The number of carbonyl (C=O) groups excluding carboxylic acids is 1. The Morgan fingerprint density at radius 3 is 2.91 bits per heavy atom. The molecule has 1 atom stereocenters. The molecule has 0 aliphatic carbocycles. The highest BCUT2D eigenvalue weighted by Gasteiger charge is 2.27. The van der Waals surface area contributed by atoms with Gasteiger partial charge in [0.05, 0.1) is 36.6 Å². The molecule has 0 spiro atoms. The molecule has 1 unspecified atom stereocenters. The van der Waals surface area contributed by atoms with E-state index >= 15 is 0 Å². The molecule has 2 heterocycles. The van der Waals surface area contributed by atoms with Gasteiger partial charge in [-0.2, -0.15) is 0 Å². The summed E-state index contributed by atoms with van der Waals surface area (Å²) in [6, 6.07) is 13.2. The molecule has 1 amide bonds. The van der Waals surface area contributed by atoms with Crippen LogP contribution in [-0.4, -0.2) is 43.9 Å². The number of thiazole rings is 1. The molecule has 1 aromatic heterocycles. The number of fused-ring (bicyclic) bond motifs is 1. The topological polar surface area (TPSA) is 60.9 Å². The molecular weight excluding hydrogens is 424 g/mol. The van der Waals surface area contributed by atoms with Gasteiger partial charge < -0.3 is 14.2 Å². The second kappa shape index (κ2) is 10.8. The Bertz CT molecular complexity index is 1050. The zero-order valence-corrected chi connectivity index (χ0v) is 19.5. The van der Waals surface area contributed by atoms with E-state index in [9.17, 15) is 4.79 Å². The number of anilines is 1. The van der Waals surface area contributed by atoms with Crippen LogP contribution in [0.3, 0.4) is 0 Å². The monoisotopic (exact) mass is 454 g/mol. The van der Waals surface area contributed by atoms with Crippen molar-refractivity contribution in [3.05, 3.63) is 48.0 Å². The first kappa shape index (κ1) is 22.6. The number of hydrogen-bond acceptors (Lipinski definition) is 6. The van der Waals surface area contributed by atoms with Crippen molar-refractivity contribution in [2.45, 2.75) is 45.1 Å². The Morgan fingerprint density at radius 2 is 2.12 bits per heavy atom. The van der Waals surface area contributed by atoms with Gasteiger partial charge in [-0.3, -0.25) is 9.69 Å². The fourth-order valence-corrected chi connectivity index (χ4v) is 4.75. The second-order valence-electron chi connectivity index (χ2n) is 7.96. The van der Waals surface area contributed by atoms with E-state index in [4.69, 9.17) is 19.2 Å². The lowest BCUT2D eigenvalue weighted by molar-refractivity contribution is 0.0917. The van der Waals surface area contributed by atoms with Crippen LogP contribution in [0.2, 0.25) is 0 Å². The fraction of sp³-hybridized carbons (Fsp3) is 0.440. The molecule has 1 aliphatic rings. The van der Waals surface area contributed by atoms with Crippen molar-refractivity contribution in [3.8, 4) is 11.5 Å². The minimum absolute atomic E-state index is 0.0222. The number of aromatic nitrogens is 1. The van der Waals surface area contributed by atoms with Crippen molar-refractivity contribution >= 4 is 32.6 Å². The molecule has 0 saturated carbocycles. The van der Waals surface area contributed by atoms with E-state index < -0.39 is 0 Å². The first-order valence-corrected chi connectivity index (χ1v) is 12.1. The Hall–Kier alpha value is -2.64. The molecule has 0 bridgehead atoms. The largest absolute Gasteiger partial charge is 0.497 e. The zero-order chi connectivity index (χ0) is 22.3. The minimum atomic E-state index is -0.0921. The molecule has 170 valence electrons. The lowest BCUT2D eigenvalue weighted by atomic mass is 10.1. The summed E-state index contributed by atoms with van der Waals surface area (Å²) in [5.41, 5.74) is 1.41. The van der Waals surface area contributed by atoms with Gasteiger partial charge in [0.2, 0.25) is 0 Å². The van der Waals surface area contributed by atoms with Gasteiger partial charge in [0.25, 0.3) is 5.91 Å². The number of carbonyl (C=O) groups is 1.